The van der Waals surface area contributed by atoms with Crippen LogP contribution < -0.4 is 15.7 Å². The molecular formula is C19H22N4O4. The van der Waals surface area contributed by atoms with Gasteiger partial charge in [0.15, 0.2) is 0 Å². The third-order valence-corrected chi connectivity index (χ3v) is 3.71. The van der Waals surface area contributed by atoms with Crippen molar-refractivity contribution < 1.29 is 25.1 Å². The molecule has 8 heteroatoms. The lowest BCUT2D eigenvalue weighted by Gasteiger charge is -2.16. The molecule has 8 nitrogen and oxygen atoms in total. The van der Waals surface area contributed by atoms with Gasteiger partial charge in [-0.2, -0.15) is 10.2 Å². The lowest BCUT2D eigenvalue weighted by Crippen LogP contribution is -2.93. The lowest BCUT2D eigenvalue weighted by molar-refractivity contribution is -0.682. The molecule has 0 heterocycles. The first-order valence-corrected chi connectivity index (χ1v) is 8.60. The summed E-state index contributed by atoms with van der Waals surface area (Å²) in [7, 11) is 0. The number of anilines is 1. The zero-order valence-corrected chi connectivity index (χ0v) is 14.7. The van der Waals surface area contributed by atoms with E-state index in [0.717, 1.165) is 5.69 Å². The molecule has 142 valence electrons. The molecule has 0 aliphatic carbocycles. The van der Waals surface area contributed by atoms with Gasteiger partial charge in [0.1, 0.15) is 6.04 Å². The first-order valence-electron chi connectivity index (χ1n) is 8.60. The second-order valence-electron chi connectivity index (χ2n) is 5.86. The maximum Gasteiger partial charge on any atom is 0.230 e. The number of benzene rings is 2. The summed E-state index contributed by atoms with van der Waals surface area (Å²) in [6.07, 6.45) is 0.230. The molecule has 1 atom stereocenters. The van der Waals surface area contributed by atoms with Gasteiger partial charge >= 0.3 is 0 Å². The molecule has 4 N–H and O–H groups in total. The van der Waals surface area contributed by atoms with Crippen LogP contribution in [0, 0.1) is 0 Å². The number of nitrogens with two attached hydrogens (primary N) is 1. The van der Waals surface area contributed by atoms with E-state index in [2.05, 4.69) is 15.5 Å². The van der Waals surface area contributed by atoms with Gasteiger partial charge in [0.25, 0.3) is 0 Å². The van der Waals surface area contributed by atoms with Crippen molar-refractivity contribution >= 4 is 28.9 Å². The van der Waals surface area contributed by atoms with E-state index in [4.69, 9.17) is 5.11 Å². The minimum absolute atomic E-state index is 0.0313. The summed E-state index contributed by atoms with van der Waals surface area (Å²) in [6, 6.07) is 15.1. The number of aliphatic hydroxyl groups is 1. The van der Waals surface area contributed by atoms with Crippen molar-refractivity contribution in [2.45, 2.75) is 18.9 Å². The average Bonchev–Trinajstić information content (AvgIpc) is 2.67. The summed E-state index contributed by atoms with van der Waals surface area (Å²) < 4.78 is 0. The topological polar surface area (TPSA) is 131 Å². The smallest absolute Gasteiger partial charge is 0.230 e. The quantitative estimate of drug-likeness (QED) is 0.415. The highest BCUT2D eigenvalue weighted by Crippen LogP contribution is 2.20. The largest absolute Gasteiger partial charge is 0.544 e. The number of nitrogens with one attached hydrogen (secondary N) is 1. The monoisotopic (exact) mass is 370 g/mol. The predicted octanol–water partition coefficient (Wildman–Crippen LogP) is 0.495. The Kier molecular flexibility index (Phi) is 8.08. The standard InChI is InChI=1S/C19H22N4O4/c24-12-4-11-20-17(19(26)27)13-18(25)21-14-7-9-16(10-8-14)23-22-15-5-2-1-3-6-15/h1-3,5-10,17,20,24H,4,11-13H2,(H,21,25)(H,26,27)/t17-/m0/s1. The third-order valence-electron chi connectivity index (χ3n) is 3.71. The van der Waals surface area contributed by atoms with Gasteiger partial charge in [0.2, 0.25) is 5.91 Å². The van der Waals surface area contributed by atoms with E-state index < -0.39 is 17.9 Å². The Morgan fingerprint density at radius 3 is 2.26 bits per heavy atom. The Balaban J connectivity index is 1.88. The number of carboxylic acids is 1. The number of azo groups is 1. The number of hydrogen-bond donors (Lipinski definition) is 3. The van der Waals surface area contributed by atoms with Crippen LogP contribution in [0.5, 0.6) is 0 Å². The van der Waals surface area contributed by atoms with Gasteiger partial charge < -0.3 is 25.6 Å². The average molecular weight is 370 g/mol. The van der Waals surface area contributed by atoms with E-state index in [9.17, 15) is 14.7 Å². The number of carbonyl (C=O) groups excluding carboxylic acids is 2. The summed E-state index contributed by atoms with van der Waals surface area (Å²) in [5, 5.41) is 32.2. The number of carboxylic acid groups (broad SMARTS) is 1. The van der Waals surface area contributed by atoms with Crippen molar-refractivity contribution in [1.29, 1.82) is 0 Å². The van der Waals surface area contributed by atoms with Gasteiger partial charge in [-0.15, -0.1) is 0 Å². The van der Waals surface area contributed by atoms with Crippen LogP contribution in [0.3, 0.4) is 0 Å². The molecule has 0 saturated carbocycles. The van der Waals surface area contributed by atoms with Crippen LogP contribution in [0.15, 0.2) is 64.8 Å². The number of carbonyl (C=O) groups is 2. The fourth-order valence-corrected chi connectivity index (χ4v) is 2.31. The van der Waals surface area contributed by atoms with Crippen molar-refractivity contribution in [1.82, 2.24) is 0 Å². The summed E-state index contributed by atoms with van der Waals surface area (Å²) in [6.45, 7) is 0.375. The Hall–Kier alpha value is -3.10. The molecule has 2 aromatic rings. The Morgan fingerprint density at radius 2 is 1.67 bits per heavy atom. The van der Waals surface area contributed by atoms with Crippen molar-refractivity contribution in [2.24, 2.45) is 10.2 Å². The molecule has 0 radical (unpaired) electrons. The normalized spacial score (nSPS) is 12.0. The van der Waals surface area contributed by atoms with Gasteiger partial charge in [-0.3, -0.25) is 4.79 Å². The van der Waals surface area contributed by atoms with Crippen molar-refractivity contribution in [3.05, 3.63) is 54.6 Å². The zero-order chi connectivity index (χ0) is 19.5. The molecule has 2 rings (SSSR count). The van der Waals surface area contributed by atoms with Gasteiger partial charge in [-0.05, 0) is 36.4 Å². The highest BCUT2D eigenvalue weighted by molar-refractivity contribution is 5.93. The molecule has 27 heavy (non-hydrogen) atoms. The first-order chi connectivity index (χ1) is 13.1. The van der Waals surface area contributed by atoms with Gasteiger partial charge in [0.05, 0.1) is 30.3 Å². The molecule has 0 unspecified atom stereocenters. The molecule has 2 aromatic carbocycles. The van der Waals surface area contributed by atoms with Crippen molar-refractivity contribution in [2.75, 3.05) is 18.5 Å². The summed E-state index contributed by atoms with van der Waals surface area (Å²) in [4.78, 5) is 23.1. The van der Waals surface area contributed by atoms with E-state index in [0.29, 0.717) is 24.3 Å². The number of nitrogens with zero attached hydrogens (tertiary/aromatic N) is 2. The maximum absolute atomic E-state index is 12.0. The molecule has 0 bridgehead atoms. The van der Waals surface area contributed by atoms with Gasteiger partial charge in [-0.25, -0.2) is 0 Å². The summed E-state index contributed by atoms with van der Waals surface area (Å²) >= 11 is 0. The fraction of sp³-hybridized carbons (Fsp3) is 0.263. The second-order valence-corrected chi connectivity index (χ2v) is 5.86. The molecule has 0 aliphatic rings. The van der Waals surface area contributed by atoms with E-state index >= 15 is 0 Å². The minimum atomic E-state index is -1.31. The van der Waals surface area contributed by atoms with Crippen LogP contribution in [-0.2, 0) is 9.59 Å². The van der Waals surface area contributed by atoms with E-state index in [-0.39, 0.29) is 13.0 Å². The highest BCUT2D eigenvalue weighted by Gasteiger charge is 2.18. The van der Waals surface area contributed by atoms with Crippen molar-refractivity contribution in [3.63, 3.8) is 0 Å². The maximum atomic E-state index is 12.0. The predicted molar refractivity (Wildman–Crippen MR) is 97.6 cm³/mol. The number of aliphatic carboxylic acids is 1. The van der Waals surface area contributed by atoms with Crippen LogP contribution >= 0.6 is 0 Å². The van der Waals surface area contributed by atoms with Gasteiger partial charge in [-0.1, -0.05) is 18.2 Å². The summed E-state index contributed by atoms with van der Waals surface area (Å²) in [5.41, 5.74) is 1.90. The van der Waals surface area contributed by atoms with E-state index in [1.54, 1.807) is 24.3 Å². The second kappa shape index (κ2) is 10.8. The molecular weight excluding hydrogens is 348 g/mol. The molecule has 0 saturated heterocycles. The van der Waals surface area contributed by atoms with E-state index in [1.807, 2.05) is 30.3 Å². The first kappa shape index (κ1) is 20.2. The van der Waals surface area contributed by atoms with Crippen molar-refractivity contribution in [3.8, 4) is 0 Å². The Morgan fingerprint density at radius 1 is 1.04 bits per heavy atom. The highest BCUT2D eigenvalue weighted by atomic mass is 16.4. The Labute approximate surface area is 157 Å². The SMILES string of the molecule is O=C(C[C@H]([NH2+]CCCO)C(=O)[O-])Nc1ccc(N=Nc2ccccc2)cc1. The van der Waals surface area contributed by atoms with Crippen LogP contribution in [0.2, 0.25) is 0 Å². The van der Waals surface area contributed by atoms with E-state index in [1.165, 1.54) is 5.32 Å². The number of amides is 1. The molecule has 1 amide bonds. The molecule has 0 fully saturated rings. The van der Waals surface area contributed by atoms with Crippen LogP contribution in [0.25, 0.3) is 0 Å². The molecule has 0 aromatic heterocycles. The van der Waals surface area contributed by atoms with Crippen LogP contribution in [0.4, 0.5) is 17.1 Å². The third kappa shape index (κ3) is 7.35. The zero-order valence-electron chi connectivity index (χ0n) is 14.7. The van der Waals surface area contributed by atoms with Crippen LogP contribution in [-0.4, -0.2) is 36.2 Å². The fourth-order valence-electron chi connectivity index (χ4n) is 2.31. The number of aliphatic hydroxyl groups excluding tert-OH is 1. The number of quaternary nitrogens is 1. The lowest BCUT2D eigenvalue weighted by atomic mass is 10.2. The minimum Gasteiger partial charge on any atom is -0.544 e. The number of rotatable bonds is 10. The Bertz CT molecular complexity index is 763. The van der Waals surface area contributed by atoms with Gasteiger partial charge in [0, 0.05) is 18.7 Å². The molecule has 0 aliphatic heterocycles. The summed E-state index contributed by atoms with van der Waals surface area (Å²) in [5.74, 6) is -1.73. The number of hydrogen-bond acceptors (Lipinski definition) is 6. The molecule has 0 spiro atoms. The van der Waals surface area contributed by atoms with Crippen LogP contribution in [0.1, 0.15) is 12.8 Å².